The van der Waals surface area contributed by atoms with Gasteiger partial charge in [0.05, 0.1) is 17.4 Å². The SMILES string of the molecule is CCCCNc1ncc(-c2ccc(C#CCO)cn2)c(NC2CCC(O)CC2)n1. The Labute approximate surface area is 172 Å². The maximum Gasteiger partial charge on any atom is 0.224 e. The summed E-state index contributed by atoms with van der Waals surface area (Å²) in [4.78, 5) is 13.7. The van der Waals surface area contributed by atoms with E-state index in [0.29, 0.717) is 5.95 Å². The lowest BCUT2D eigenvalue weighted by Gasteiger charge is -2.27. The Morgan fingerprint density at radius 1 is 1.14 bits per heavy atom. The predicted molar refractivity (Wildman–Crippen MR) is 115 cm³/mol. The summed E-state index contributed by atoms with van der Waals surface area (Å²) in [5, 5.41) is 25.4. The third-order valence-electron chi connectivity index (χ3n) is 4.99. The topological polar surface area (TPSA) is 103 Å². The van der Waals surface area contributed by atoms with Crippen LogP contribution in [0.2, 0.25) is 0 Å². The molecule has 4 N–H and O–H groups in total. The average Bonchev–Trinajstić information content (AvgIpc) is 2.75. The predicted octanol–water partition coefficient (Wildman–Crippen LogP) is 2.81. The summed E-state index contributed by atoms with van der Waals surface area (Å²) in [5.74, 6) is 6.83. The van der Waals surface area contributed by atoms with Gasteiger partial charge in [-0.2, -0.15) is 4.98 Å². The number of anilines is 2. The van der Waals surface area contributed by atoms with Gasteiger partial charge in [-0.05, 0) is 44.2 Å². The van der Waals surface area contributed by atoms with Gasteiger partial charge < -0.3 is 20.8 Å². The summed E-state index contributed by atoms with van der Waals surface area (Å²) in [6.45, 7) is 2.81. The van der Waals surface area contributed by atoms with Gasteiger partial charge >= 0.3 is 0 Å². The molecule has 0 unspecified atom stereocenters. The van der Waals surface area contributed by atoms with Crippen LogP contribution in [0.25, 0.3) is 11.3 Å². The van der Waals surface area contributed by atoms with E-state index in [1.165, 1.54) is 0 Å². The molecule has 3 rings (SSSR count). The number of rotatable bonds is 7. The molecule has 1 saturated carbocycles. The lowest BCUT2D eigenvalue weighted by molar-refractivity contribution is 0.126. The zero-order valence-electron chi connectivity index (χ0n) is 16.9. The van der Waals surface area contributed by atoms with Crippen molar-refractivity contribution in [2.75, 3.05) is 23.8 Å². The monoisotopic (exact) mass is 395 g/mol. The van der Waals surface area contributed by atoms with Gasteiger partial charge in [0, 0.05) is 30.5 Å². The highest BCUT2D eigenvalue weighted by Gasteiger charge is 2.21. The van der Waals surface area contributed by atoms with Crippen molar-refractivity contribution in [3.63, 3.8) is 0 Å². The Morgan fingerprint density at radius 3 is 2.66 bits per heavy atom. The molecule has 2 aromatic heterocycles. The highest BCUT2D eigenvalue weighted by atomic mass is 16.3. The number of nitrogens with one attached hydrogen (secondary N) is 2. The van der Waals surface area contributed by atoms with E-state index in [1.807, 2.05) is 12.1 Å². The van der Waals surface area contributed by atoms with Gasteiger partial charge in [0.2, 0.25) is 5.95 Å². The number of hydrogen-bond acceptors (Lipinski definition) is 7. The fourth-order valence-corrected chi connectivity index (χ4v) is 3.32. The molecular formula is C22H29N5O2. The van der Waals surface area contributed by atoms with Crippen LogP contribution in [0.1, 0.15) is 51.0 Å². The minimum Gasteiger partial charge on any atom is -0.393 e. The van der Waals surface area contributed by atoms with Gasteiger partial charge in [-0.15, -0.1) is 0 Å². The molecule has 0 saturated heterocycles. The largest absolute Gasteiger partial charge is 0.393 e. The van der Waals surface area contributed by atoms with Crippen molar-refractivity contribution in [2.45, 2.75) is 57.6 Å². The molecule has 0 aliphatic heterocycles. The van der Waals surface area contributed by atoms with E-state index in [2.05, 4.69) is 39.4 Å². The molecule has 7 heteroatoms. The Morgan fingerprint density at radius 2 is 1.97 bits per heavy atom. The van der Waals surface area contributed by atoms with E-state index in [0.717, 1.165) is 67.7 Å². The van der Waals surface area contributed by atoms with Crippen molar-refractivity contribution in [1.82, 2.24) is 15.0 Å². The summed E-state index contributed by atoms with van der Waals surface area (Å²) < 4.78 is 0. The molecule has 0 atom stereocenters. The third-order valence-corrected chi connectivity index (χ3v) is 4.99. The molecule has 154 valence electrons. The van der Waals surface area contributed by atoms with Crippen LogP contribution >= 0.6 is 0 Å². The van der Waals surface area contributed by atoms with Crippen molar-refractivity contribution in [2.24, 2.45) is 0 Å². The van der Waals surface area contributed by atoms with Crippen LogP contribution in [0, 0.1) is 11.8 Å². The Hall–Kier alpha value is -2.69. The number of aliphatic hydroxyl groups excluding tert-OH is 2. The molecule has 0 amide bonds. The van der Waals surface area contributed by atoms with Gasteiger partial charge in [0.1, 0.15) is 12.4 Å². The van der Waals surface area contributed by atoms with Crippen molar-refractivity contribution in [3.8, 4) is 23.1 Å². The van der Waals surface area contributed by atoms with Crippen molar-refractivity contribution in [1.29, 1.82) is 0 Å². The summed E-state index contributed by atoms with van der Waals surface area (Å²) >= 11 is 0. The molecule has 0 aromatic carbocycles. The number of aliphatic hydroxyl groups is 2. The van der Waals surface area contributed by atoms with E-state index in [4.69, 9.17) is 10.1 Å². The van der Waals surface area contributed by atoms with Crippen molar-refractivity contribution >= 4 is 11.8 Å². The maximum absolute atomic E-state index is 9.78. The van der Waals surface area contributed by atoms with Gasteiger partial charge in [-0.3, -0.25) is 4.98 Å². The van der Waals surface area contributed by atoms with E-state index >= 15 is 0 Å². The number of nitrogens with zero attached hydrogens (tertiary/aromatic N) is 3. The molecule has 0 radical (unpaired) electrons. The molecule has 1 aliphatic rings. The number of aromatic nitrogens is 3. The maximum atomic E-state index is 9.78. The summed E-state index contributed by atoms with van der Waals surface area (Å²) in [6, 6.07) is 4.03. The summed E-state index contributed by atoms with van der Waals surface area (Å²) in [5.41, 5.74) is 2.34. The summed E-state index contributed by atoms with van der Waals surface area (Å²) in [6.07, 6.45) is 8.88. The zero-order valence-corrected chi connectivity index (χ0v) is 16.9. The van der Waals surface area contributed by atoms with Crippen molar-refractivity contribution in [3.05, 3.63) is 30.1 Å². The molecule has 7 nitrogen and oxygen atoms in total. The van der Waals surface area contributed by atoms with E-state index in [9.17, 15) is 5.11 Å². The molecular weight excluding hydrogens is 366 g/mol. The van der Waals surface area contributed by atoms with Gasteiger partial charge in [0.25, 0.3) is 0 Å². The molecule has 2 aromatic rings. The molecule has 2 heterocycles. The quantitative estimate of drug-likeness (QED) is 0.422. The molecule has 0 bridgehead atoms. The van der Waals surface area contributed by atoms with Crippen molar-refractivity contribution < 1.29 is 10.2 Å². The van der Waals surface area contributed by atoms with Crippen LogP contribution in [0.15, 0.2) is 24.5 Å². The molecule has 29 heavy (non-hydrogen) atoms. The Balaban J connectivity index is 1.83. The summed E-state index contributed by atoms with van der Waals surface area (Å²) in [7, 11) is 0. The van der Waals surface area contributed by atoms with E-state index in [1.54, 1.807) is 12.4 Å². The Kier molecular flexibility index (Phi) is 7.79. The third kappa shape index (κ3) is 6.14. The Bertz CT molecular complexity index is 837. The molecule has 1 aliphatic carbocycles. The number of hydrogen-bond donors (Lipinski definition) is 4. The standard InChI is InChI=1S/C22H29N5O2/c1-2-3-12-23-22-25-15-19(20-11-6-16(14-24-20)5-4-13-28)21(27-22)26-17-7-9-18(29)10-8-17/h6,11,14-15,17-18,28-29H,2-3,7-10,12-13H2,1H3,(H2,23,25,26,27). The second-order valence-corrected chi connectivity index (χ2v) is 7.28. The fraction of sp³-hybridized carbons (Fsp3) is 0.500. The fourth-order valence-electron chi connectivity index (χ4n) is 3.32. The van der Waals surface area contributed by atoms with Gasteiger partial charge in [0.15, 0.2) is 0 Å². The first-order chi connectivity index (χ1) is 14.2. The van der Waals surface area contributed by atoms with Crippen LogP contribution in [0.5, 0.6) is 0 Å². The first kappa shape index (κ1) is 21.0. The van der Waals surface area contributed by atoms with E-state index < -0.39 is 0 Å². The van der Waals surface area contributed by atoms with Crippen LogP contribution in [0.3, 0.4) is 0 Å². The first-order valence-electron chi connectivity index (χ1n) is 10.3. The first-order valence-corrected chi connectivity index (χ1v) is 10.3. The zero-order chi connectivity index (χ0) is 20.5. The normalized spacial score (nSPS) is 18.6. The van der Waals surface area contributed by atoms with Gasteiger partial charge in [-0.25, -0.2) is 4.98 Å². The minimum atomic E-state index is -0.196. The van der Waals surface area contributed by atoms with Crippen LogP contribution in [0.4, 0.5) is 11.8 Å². The van der Waals surface area contributed by atoms with Crippen LogP contribution in [-0.2, 0) is 0 Å². The van der Waals surface area contributed by atoms with E-state index in [-0.39, 0.29) is 18.8 Å². The molecule has 1 fully saturated rings. The lowest BCUT2D eigenvalue weighted by atomic mass is 9.93. The minimum absolute atomic E-state index is 0.174. The second kappa shape index (κ2) is 10.7. The highest BCUT2D eigenvalue weighted by Crippen LogP contribution is 2.29. The smallest absolute Gasteiger partial charge is 0.224 e. The lowest BCUT2D eigenvalue weighted by Crippen LogP contribution is -2.29. The number of unbranched alkanes of at least 4 members (excludes halogenated alkanes) is 1. The highest BCUT2D eigenvalue weighted by molar-refractivity contribution is 5.73. The second-order valence-electron chi connectivity index (χ2n) is 7.28. The average molecular weight is 396 g/mol. The van der Waals surface area contributed by atoms with Crippen LogP contribution < -0.4 is 10.6 Å². The number of pyridine rings is 1. The van der Waals surface area contributed by atoms with Crippen LogP contribution in [-0.4, -0.2) is 50.5 Å². The van der Waals surface area contributed by atoms with Gasteiger partial charge in [-0.1, -0.05) is 25.2 Å². The molecule has 0 spiro atoms.